The van der Waals surface area contributed by atoms with Crippen LogP contribution in [0.3, 0.4) is 0 Å². The summed E-state index contributed by atoms with van der Waals surface area (Å²) in [5, 5.41) is 17.2. The molecule has 0 radical (unpaired) electrons. The van der Waals surface area contributed by atoms with Crippen molar-refractivity contribution in [3.63, 3.8) is 0 Å². The molecule has 2 aromatic carbocycles. The number of benzene rings is 2. The van der Waals surface area contributed by atoms with E-state index in [9.17, 15) is 14.7 Å². The van der Waals surface area contributed by atoms with Crippen LogP contribution in [0.25, 0.3) is 6.08 Å². The van der Waals surface area contributed by atoms with Crippen LogP contribution >= 0.6 is 35.4 Å². The fourth-order valence-corrected chi connectivity index (χ4v) is 2.78. The van der Waals surface area contributed by atoms with Crippen LogP contribution in [-0.2, 0) is 4.79 Å². The molecule has 0 spiro atoms. The van der Waals surface area contributed by atoms with Gasteiger partial charge in [0.2, 0.25) is 5.91 Å². The van der Waals surface area contributed by atoms with Crippen molar-refractivity contribution in [3.8, 4) is 0 Å². The molecule has 0 aromatic heterocycles. The molecular weight excluding hydrogens is 395 g/mol. The summed E-state index contributed by atoms with van der Waals surface area (Å²) >= 11 is 16.9. The van der Waals surface area contributed by atoms with Gasteiger partial charge in [-0.3, -0.25) is 10.1 Å². The fourth-order valence-electron chi connectivity index (χ4n) is 2.10. The Kier molecular flexibility index (Phi) is 6.74. The smallest absolute Gasteiger partial charge is 0.250 e. The van der Waals surface area contributed by atoms with Gasteiger partial charge >= 0.3 is 0 Å². The lowest BCUT2D eigenvalue weighted by molar-refractivity contribution is -0.255. The zero-order chi connectivity index (χ0) is 19.3. The Morgan fingerprint density at radius 3 is 2.58 bits per heavy atom. The van der Waals surface area contributed by atoms with E-state index in [1.165, 1.54) is 18.2 Å². The molecule has 0 bridgehead atoms. The third kappa shape index (κ3) is 5.29. The number of rotatable bonds is 4. The molecule has 0 aliphatic carbocycles. The lowest BCUT2D eigenvalue weighted by Gasteiger charge is -2.14. The lowest BCUT2D eigenvalue weighted by Crippen LogP contribution is -2.33. The summed E-state index contributed by atoms with van der Waals surface area (Å²) in [6.45, 7) is 1.61. The summed E-state index contributed by atoms with van der Waals surface area (Å²) in [6.07, 6.45) is 2.80. The second-order valence-electron chi connectivity index (χ2n) is 5.21. The van der Waals surface area contributed by atoms with E-state index >= 15 is 0 Å². The highest BCUT2D eigenvalue weighted by Gasteiger charge is 2.07. The van der Waals surface area contributed by atoms with E-state index < -0.39 is 11.9 Å². The van der Waals surface area contributed by atoms with Crippen LogP contribution in [-0.4, -0.2) is 17.0 Å². The molecule has 134 valence electrons. The quantitative estimate of drug-likeness (QED) is 0.600. The molecular formula is C18H13Cl2N2O3S-. The molecule has 0 atom stereocenters. The zero-order valence-electron chi connectivity index (χ0n) is 13.5. The molecule has 8 heteroatoms. The highest BCUT2D eigenvalue weighted by Crippen LogP contribution is 2.22. The minimum atomic E-state index is -1.29. The van der Waals surface area contributed by atoms with Crippen molar-refractivity contribution in [1.29, 1.82) is 0 Å². The van der Waals surface area contributed by atoms with E-state index in [1.54, 1.807) is 37.3 Å². The van der Waals surface area contributed by atoms with Crippen LogP contribution in [0.4, 0.5) is 5.69 Å². The van der Waals surface area contributed by atoms with Crippen molar-refractivity contribution >= 4 is 64.2 Å². The average molecular weight is 408 g/mol. The maximum absolute atomic E-state index is 12.0. The Labute approximate surface area is 165 Å². The number of aromatic carboxylic acids is 1. The van der Waals surface area contributed by atoms with Gasteiger partial charge in [-0.15, -0.1) is 0 Å². The number of nitrogens with one attached hydrogen (secondary N) is 2. The van der Waals surface area contributed by atoms with E-state index in [0.29, 0.717) is 26.9 Å². The highest BCUT2D eigenvalue weighted by atomic mass is 35.5. The first-order valence-electron chi connectivity index (χ1n) is 7.34. The number of hydrogen-bond donors (Lipinski definition) is 2. The van der Waals surface area contributed by atoms with Crippen LogP contribution in [0.2, 0.25) is 10.0 Å². The van der Waals surface area contributed by atoms with Crippen LogP contribution in [0, 0.1) is 6.92 Å². The third-order valence-corrected chi connectivity index (χ3v) is 4.18. The number of hydrogen-bond acceptors (Lipinski definition) is 4. The molecule has 0 saturated heterocycles. The Morgan fingerprint density at radius 1 is 1.19 bits per heavy atom. The van der Waals surface area contributed by atoms with E-state index in [0.717, 1.165) is 0 Å². The minimum absolute atomic E-state index is 0.0282. The van der Waals surface area contributed by atoms with Crippen LogP contribution in [0.15, 0.2) is 42.5 Å². The molecule has 0 fully saturated rings. The van der Waals surface area contributed by atoms with Gasteiger partial charge in [0.1, 0.15) is 0 Å². The normalized spacial score (nSPS) is 10.6. The van der Waals surface area contributed by atoms with E-state index in [2.05, 4.69) is 10.6 Å². The third-order valence-electron chi connectivity index (χ3n) is 3.42. The predicted molar refractivity (Wildman–Crippen MR) is 105 cm³/mol. The van der Waals surface area contributed by atoms with Crippen LogP contribution < -0.4 is 15.7 Å². The number of halogens is 2. The monoisotopic (exact) mass is 407 g/mol. The van der Waals surface area contributed by atoms with Crippen LogP contribution in [0.1, 0.15) is 21.5 Å². The topological polar surface area (TPSA) is 81.3 Å². The number of carbonyl (C=O) groups is 2. The van der Waals surface area contributed by atoms with Gasteiger partial charge in [0.05, 0.1) is 5.97 Å². The Balaban J connectivity index is 2.01. The number of carboxylic acid groups (broad SMARTS) is 1. The number of carbonyl (C=O) groups excluding carboxylic acids is 2. The first-order chi connectivity index (χ1) is 12.3. The standard InChI is InChI=1S/C18H14Cl2N2O3S/c1-10-13(17(24)25)3-2-4-15(10)21-18(26)22-16(23)8-6-11-5-7-12(19)9-14(11)20/h2-9H,1H3,(H,24,25)(H2,21,22,23,26)/p-1/b8-6+. The Bertz CT molecular complexity index is 913. The molecule has 0 saturated carbocycles. The van der Waals surface area contributed by atoms with Crippen molar-refractivity contribution in [3.05, 3.63) is 69.2 Å². The summed E-state index contributed by atoms with van der Waals surface area (Å²) in [7, 11) is 0. The number of carboxylic acids is 1. The largest absolute Gasteiger partial charge is 0.545 e. The van der Waals surface area contributed by atoms with Crippen molar-refractivity contribution in [2.75, 3.05) is 5.32 Å². The first kappa shape index (κ1) is 19.9. The maximum atomic E-state index is 12.0. The number of anilines is 1. The zero-order valence-corrected chi connectivity index (χ0v) is 15.8. The molecule has 5 nitrogen and oxygen atoms in total. The van der Waals surface area contributed by atoms with Gasteiger partial charge < -0.3 is 15.2 Å². The average Bonchev–Trinajstić information content (AvgIpc) is 2.55. The minimum Gasteiger partial charge on any atom is -0.545 e. The molecule has 2 aromatic rings. The molecule has 26 heavy (non-hydrogen) atoms. The van der Waals surface area contributed by atoms with Crippen molar-refractivity contribution in [2.24, 2.45) is 0 Å². The van der Waals surface area contributed by atoms with Crippen molar-refractivity contribution in [1.82, 2.24) is 5.32 Å². The predicted octanol–water partition coefficient (Wildman–Crippen LogP) is 3.19. The summed E-state index contributed by atoms with van der Waals surface area (Å²) in [5.74, 6) is -1.76. The van der Waals surface area contributed by atoms with E-state index in [-0.39, 0.29) is 10.7 Å². The molecule has 1 amide bonds. The van der Waals surface area contributed by atoms with Gasteiger partial charge in [-0.05, 0) is 54.5 Å². The van der Waals surface area contributed by atoms with Crippen molar-refractivity contribution in [2.45, 2.75) is 6.92 Å². The van der Waals surface area contributed by atoms with Crippen molar-refractivity contribution < 1.29 is 14.7 Å². The molecule has 0 aliphatic heterocycles. The van der Waals surface area contributed by atoms with Crippen LogP contribution in [0.5, 0.6) is 0 Å². The molecule has 0 heterocycles. The molecule has 0 aliphatic rings. The van der Waals surface area contributed by atoms with Gasteiger partial charge in [-0.1, -0.05) is 41.4 Å². The second-order valence-corrected chi connectivity index (χ2v) is 6.46. The van der Waals surface area contributed by atoms with Gasteiger partial charge in [0.15, 0.2) is 5.11 Å². The SMILES string of the molecule is Cc1c(NC(=S)NC(=O)/C=C/c2ccc(Cl)cc2Cl)cccc1C(=O)[O-]. The second kappa shape index (κ2) is 8.80. The van der Waals surface area contributed by atoms with Gasteiger partial charge in [0, 0.05) is 27.4 Å². The fraction of sp³-hybridized carbons (Fsp3) is 0.0556. The highest BCUT2D eigenvalue weighted by molar-refractivity contribution is 7.80. The Hall–Kier alpha value is -2.41. The summed E-state index contributed by atoms with van der Waals surface area (Å²) < 4.78 is 0. The number of thiocarbonyl (C=S) groups is 1. The first-order valence-corrected chi connectivity index (χ1v) is 8.50. The molecule has 2 rings (SSSR count). The van der Waals surface area contributed by atoms with E-state index in [4.69, 9.17) is 35.4 Å². The van der Waals surface area contributed by atoms with Gasteiger partial charge in [-0.25, -0.2) is 0 Å². The Morgan fingerprint density at radius 2 is 1.92 bits per heavy atom. The summed E-state index contributed by atoms with van der Waals surface area (Å²) in [4.78, 5) is 23.0. The summed E-state index contributed by atoms with van der Waals surface area (Å²) in [5.41, 5.74) is 1.58. The van der Waals surface area contributed by atoms with E-state index in [1.807, 2.05) is 0 Å². The summed E-state index contributed by atoms with van der Waals surface area (Å²) in [6, 6.07) is 9.52. The number of amides is 1. The molecule has 2 N–H and O–H groups in total. The van der Waals surface area contributed by atoms with Gasteiger partial charge in [0.25, 0.3) is 0 Å². The van der Waals surface area contributed by atoms with Gasteiger partial charge in [-0.2, -0.15) is 0 Å². The maximum Gasteiger partial charge on any atom is 0.250 e. The molecule has 0 unspecified atom stereocenters. The lowest BCUT2D eigenvalue weighted by atomic mass is 10.1.